The van der Waals surface area contributed by atoms with E-state index in [2.05, 4.69) is 15.4 Å². The fourth-order valence-corrected chi connectivity index (χ4v) is 5.93. The smallest absolute Gasteiger partial charge is 0.315 e. The van der Waals surface area contributed by atoms with Crippen molar-refractivity contribution in [2.24, 2.45) is 11.7 Å². The average molecular weight is 551 g/mol. The molecule has 206 valence electrons. The monoisotopic (exact) mass is 550 g/mol. The predicted octanol–water partition coefficient (Wildman–Crippen LogP) is 2.79. The SMILES string of the molecule is CC(NS(=O)(=O)c1ccc2ccccc2c1)C(=O)c1ccccc1CNC(=O)NCC1CCN(C(=N)N)CC1. The number of nitrogens with two attached hydrogens (primary N) is 1. The highest BCUT2D eigenvalue weighted by Crippen LogP contribution is 2.20. The molecule has 0 bridgehead atoms. The van der Waals surface area contributed by atoms with Gasteiger partial charge in [-0.15, -0.1) is 0 Å². The molecule has 1 aliphatic rings. The van der Waals surface area contributed by atoms with Gasteiger partial charge in [0.15, 0.2) is 11.7 Å². The number of guanidine groups is 1. The Balaban J connectivity index is 1.33. The van der Waals surface area contributed by atoms with Gasteiger partial charge in [-0.3, -0.25) is 10.2 Å². The summed E-state index contributed by atoms with van der Waals surface area (Å²) in [6.45, 7) is 3.52. The van der Waals surface area contributed by atoms with E-state index in [1.807, 2.05) is 29.2 Å². The van der Waals surface area contributed by atoms with Gasteiger partial charge in [0, 0.05) is 31.7 Å². The molecule has 11 heteroatoms. The highest BCUT2D eigenvalue weighted by molar-refractivity contribution is 7.89. The molecule has 4 rings (SSSR count). The Morgan fingerprint density at radius 2 is 1.67 bits per heavy atom. The number of nitrogens with one attached hydrogen (secondary N) is 4. The number of rotatable bonds is 9. The summed E-state index contributed by atoms with van der Waals surface area (Å²) in [4.78, 5) is 27.6. The topological polar surface area (TPSA) is 157 Å². The van der Waals surface area contributed by atoms with Crippen LogP contribution in [-0.2, 0) is 16.6 Å². The molecule has 39 heavy (non-hydrogen) atoms. The molecule has 1 saturated heterocycles. The van der Waals surface area contributed by atoms with Crippen LogP contribution in [0.1, 0.15) is 35.7 Å². The molecular formula is C28H34N6O4S. The minimum Gasteiger partial charge on any atom is -0.370 e. The zero-order valence-corrected chi connectivity index (χ0v) is 22.6. The Hall–Kier alpha value is -3.96. The summed E-state index contributed by atoms with van der Waals surface area (Å²) in [5.74, 6) is -0.0192. The molecule has 0 aromatic heterocycles. The number of piperidine rings is 1. The number of nitrogens with zero attached hydrogens (tertiary/aromatic N) is 1. The van der Waals surface area contributed by atoms with Gasteiger partial charge in [0.25, 0.3) is 0 Å². The minimum atomic E-state index is -3.94. The number of hydrogen-bond donors (Lipinski definition) is 5. The highest BCUT2D eigenvalue weighted by atomic mass is 32.2. The van der Waals surface area contributed by atoms with Crippen molar-refractivity contribution in [2.75, 3.05) is 19.6 Å². The molecule has 3 aromatic carbocycles. The third kappa shape index (κ3) is 7.12. The van der Waals surface area contributed by atoms with Crippen molar-refractivity contribution in [3.8, 4) is 0 Å². The minimum absolute atomic E-state index is 0.0724. The summed E-state index contributed by atoms with van der Waals surface area (Å²) >= 11 is 0. The second kappa shape index (κ2) is 12.3. The first kappa shape index (κ1) is 28.1. The molecule has 1 fully saturated rings. The van der Waals surface area contributed by atoms with Crippen LogP contribution >= 0.6 is 0 Å². The fraction of sp³-hybridized carbons (Fsp3) is 0.321. The highest BCUT2D eigenvalue weighted by Gasteiger charge is 2.25. The Bertz CT molecular complexity index is 1470. The van der Waals surface area contributed by atoms with Gasteiger partial charge in [0.2, 0.25) is 10.0 Å². The number of carbonyl (C=O) groups excluding carboxylic acids is 2. The Kier molecular flexibility index (Phi) is 8.82. The summed E-state index contributed by atoms with van der Waals surface area (Å²) in [6, 6.07) is 17.7. The van der Waals surface area contributed by atoms with Crippen molar-refractivity contribution >= 4 is 38.6 Å². The van der Waals surface area contributed by atoms with Gasteiger partial charge >= 0.3 is 6.03 Å². The molecular weight excluding hydrogens is 516 g/mol. The van der Waals surface area contributed by atoms with Gasteiger partial charge in [0.1, 0.15) is 0 Å². The van der Waals surface area contributed by atoms with Crippen LogP contribution in [0.3, 0.4) is 0 Å². The molecule has 1 heterocycles. The molecule has 0 aliphatic carbocycles. The third-order valence-corrected chi connectivity index (χ3v) is 8.52. The van der Waals surface area contributed by atoms with Crippen LogP contribution in [0.5, 0.6) is 0 Å². The fourth-order valence-electron chi connectivity index (χ4n) is 4.69. The summed E-state index contributed by atoms with van der Waals surface area (Å²) in [6.07, 6.45) is 1.67. The lowest BCUT2D eigenvalue weighted by molar-refractivity contribution is 0.0959. The first-order valence-corrected chi connectivity index (χ1v) is 14.4. The van der Waals surface area contributed by atoms with Crippen LogP contribution in [0.15, 0.2) is 71.6 Å². The normalized spacial score (nSPS) is 15.1. The van der Waals surface area contributed by atoms with Crippen LogP contribution in [0, 0.1) is 11.3 Å². The number of sulfonamides is 1. The summed E-state index contributed by atoms with van der Waals surface area (Å²) < 4.78 is 28.5. The van der Waals surface area contributed by atoms with Crippen molar-refractivity contribution < 1.29 is 18.0 Å². The Morgan fingerprint density at radius 3 is 2.38 bits per heavy atom. The maximum atomic E-state index is 13.3. The molecule has 1 aliphatic heterocycles. The number of amides is 2. The summed E-state index contributed by atoms with van der Waals surface area (Å²) in [5, 5.41) is 14.9. The van der Waals surface area contributed by atoms with Crippen LogP contribution in [0.2, 0.25) is 0 Å². The van der Waals surface area contributed by atoms with Gasteiger partial charge in [-0.25, -0.2) is 17.9 Å². The van der Waals surface area contributed by atoms with E-state index in [0.29, 0.717) is 36.7 Å². The lowest BCUT2D eigenvalue weighted by Gasteiger charge is -2.32. The summed E-state index contributed by atoms with van der Waals surface area (Å²) in [5.41, 5.74) is 6.45. The van der Waals surface area contributed by atoms with E-state index in [-0.39, 0.29) is 23.4 Å². The Labute approximate surface area is 228 Å². The number of carbonyl (C=O) groups is 2. The molecule has 0 saturated carbocycles. The molecule has 6 N–H and O–H groups in total. The quantitative estimate of drug-likeness (QED) is 0.157. The number of ketones is 1. The van der Waals surface area contributed by atoms with Crippen LogP contribution in [0.25, 0.3) is 10.8 Å². The van der Waals surface area contributed by atoms with Gasteiger partial charge in [0.05, 0.1) is 10.9 Å². The number of likely N-dealkylation sites (tertiary alicyclic amines) is 1. The molecule has 10 nitrogen and oxygen atoms in total. The lowest BCUT2D eigenvalue weighted by atomic mass is 9.97. The van der Waals surface area contributed by atoms with Crippen LogP contribution in [-0.4, -0.2) is 56.8 Å². The van der Waals surface area contributed by atoms with Crippen LogP contribution in [0.4, 0.5) is 4.79 Å². The molecule has 0 spiro atoms. The third-order valence-electron chi connectivity index (χ3n) is 6.99. The predicted molar refractivity (Wildman–Crippen MR) is 151 cm³/mol. The second-order valence-electron chi connectivity index (χ2n) is 9.75. The van der Waals surface area contributed by atoms with Crippen molar-refractivity contribution in [3.63, 3.8) is 0 Å². The van der Waals surface area contributed by atoms with E-state index < -0.39 is 21.8 Å². The van der Waals surface area contributed by atoms with Crippen molar-refractivity contribution in [1.82, 2.24) is 20.3 Å². The zero-order chi connectivity index (χ0) is 28.0. The van der Waals surface area contributed by atoms with E-state index in [0.717, 1.165) is 23.6 Å². The van der Waals surface area contributed by atoms with E-state index >= 15 is 0 Å². The van der Waals surface area contributed by atoms with Crippen molar-refractivity contribution in [3.05, 3.63) is 77.9 Å². The first-order valence-electron chi connectivity index (χ1n) is 12.9. The zero-order valence-electron chi connectivity index (χ0n) is 21.8. The summed E-state index contributed by atoms with van der Waals surface area (Å²) in [7, 11) is -3.94. The number of urea groups is 1. The number of hydrogen-bond acceptors (Lipinski definition) is 5. The molecule has 1 atom stereocenters. The van der Waals surface area contributed by atoms with Gasteiger partial charge in [-0.05, 0) is 54.2 Å². The first-order chi connectivity index (χ1) is 18.6. The lowest BCUT2D eigenvalue weighted by Crippen LogP contribution is -2.45. The van der Waals surface area contributed by atoms with Gasteiger partial charge in [-0.2, -0.15) is 0 Å². The largest absolute Gasteiger partial charge is 0.370 e. The van der Waals surface area contributed by atoms with E-state index in [4.69, 9.17) is 11.1 Å². The number of Topliss-reactive ketones (excluding diaryl/α,β-unsaturated/α-hetero) is 1. The molecule has 3 aromatic rings. The van der Waals surface area contributed by atoms with E-state index in [1.165, 1.54) is 13.0 Å². The number of fused-ring (bicyclic) bond motifs is 1. The van der Waals surface area contributed by atoms with E-state index in [9.17, 15) is 18.0 Å². The average Bonchev–Trinajstić information content (AvgIpc) is 2.94. The standard InChI is InChI=1S/C28H34N6O4S/c1-19(33-39(37,38)24-11-10-21-6-2-3-7-22(21)16-24)26(35)25-9-5-4-8-23(25)18-32-28(36)31-17-20-12-14-34(15-13-20)27(29)30/h2-11,16,19-20,33H,12-15,17-18H2,1H3,(H3,29,30)(H2,31,32,36). The maximum Gasteiger partial charge on any atom is 0.315 e. The molecule has 0 radical (unpaired) electrons. The molecule has 1 unspecified atom stereocenters. The van der Waals surface area contributed by atoms with Crippen molar-refractivity contribution in [2.45, 2.75) is 37.2 Å². The van der Waals surface area contributed by atoms with Crippen molar-refractivity contribution in [1.29, 1.82) is 5.41 Å². The van der Waals surface area contributed by atoms with Gasteiger partial charge in [-0.1, -0.05) is 54.6 Å². The Morgan fingerprint density at radius 1 is 1.00 bits per heavy atom. The maximum absolute atomic E-state index is 13.3. The molecule has 2 amide bonds. The van der Waals surface area contributed by atoms with Crippen LogP contribution < -0.4 is 21.1 Å². The second-order valence-corrected chi connectivity index (χ2v) is 11.5. The van der Waals surface area contributed by atoms with Gasteiger partial charge < -0.3 is 21.3 Å². The van der Waals surface area contributed by atoms with E-state index in [1.54, 1.807) is 36.4 Å². The number of benzene rings is 3.